The van der Waals surface area contributed by atoms with Crippen LogP contribution in [0.15, 0.2) is 22.7 Å². The Morgan fingerprint density at radius 3 is 2.26 bits per heavy atom. The van der Waals surface area contributed by atoms with Crippen molar-refractivity contribution >= 4 is 18.6 Å². The van der Waals surface area contributed by atoms with Crippen molar-refractivity contribution in [3.05, 3.63) is 34.9 Å². The molecule has 170 valence electrons. The zero-order chi connectivity index (χ0) is 23.4. The third kappa shape index (κ3) is 3.93. The van der Waals surface area contributed by atoms with E-state index in [1.54, 1.807) is 0 Å². The molecule has 3 rings (SSSR count). The van der Waals surface area contributed by atoms with Crippen molar-refractivity contribution in [3.8, 4) is 0 Å². The van der Waals surface area contributed by atoms with Gasteiger partial charge in [0.2, 0.25) is 6.10 Å². The van der Waals surface area contributed by atoms with Crippen LogP contribution in [0.1, 0.15) is 84.6 Å². The van der Waals surface area contributed by atoms with E-state index in [2.05, 4.69) is 9.52 Å². The third-order valence-corrected chi connectivity index (χ3v) is 7.33. The molecule has 2 aliphatic rings. The first-order chi connectivity index (χ1) is 14.2. The van der Waals surface area contributed by atoms with Gasteiger partial charge in [0, 0.05) is 11.1 Å². The summed E-state index contributed by atoms with van der Waals surface area (Å²) >= 11 is 4.73. The molecule has 0 bridgehead atoms. The first-order valence-corrected chi connectivity index (χ1v) is 11.2. The lowest BCUT2D eigenvalue weighted by molar-refractivity contribution is -0.469. The Morgan fingerprint density at radius 1 is 1.10 bits per heavy atom. The monoisotopic (exact) mass is 447 g/mol. The molecular weight excluding hydrogens is 412 g/mol. The molecule has 0 aliphatic carbocycles. The second-order valence-electron chi connectivity index (χ2n) is 11.0. The molecule has 31 heavy (non-hydrogen) atoms. The maximum Gasteiger partial charge on any atom is 0.211 e. The lowest BCUT2D eigenvalue weighted by Gasteiger charge is -2.32. The van der Waals surface area contributed by atoms with Gasteiger partial charge in [-0.25, -0.2) is 4.99 Å². The minimum atomic E-state index is -0.638. The Kier molecular flexibility index (Phi) is 6.13. The van der Waals surface area contributed by atoms with E-state index in [1.165, 1.54) is 5.06 Å². The van der Waals surface area contributed by atoms with Crippen LogP contribution in [0.5, 0.6) is 0 Å². The molecule has 1 N–H and O–H groups in total. The molecule has 2 radical (unpaired) electrons. The fourth-order valence-corrected chi connectivity index (χ4v) is 5.47. The Hall–Kier alpha value is -1.45. The molecule has 0 amide bonds. The number of rotatable bonds is 6. The summed E-state index contributed by atoms with van der Waals surface area (Å²) in [7, 11) is 0. The van der Waals surface area contributed by atoms with E-state index in [-0.39, 0.29) is 5.92 Å². The molecular formula is C23H35N4O3S+. The van der Waals surface area contributed by atoms with Crippen LogP contribution in [0, 0.1) is 5.92 Å². The minimum absolute atomic E-state index is 0.0925. The average molecular weight is 448 g/mol. The molecule has 0 spiro atoms. The summed E-state index contributed by atoms with van der Waals surface area (Å²) in [6.07, 6.45) is 2.37. The van der Waals surface area contributed by atoms with Crippen molar-refractivity contribution in [1.29, 1.82) is 0 Å². The van der Waals surface area contributed by atoms with E-state index in [0.29, 0.717) is 6.54 Å². The molecule has 2 atom stereocenters. The standard InChI is InChI=1S/C23H34N4O3S/c1-20(2)12-16(21(3,4)26(20)28)13-24-14-19(30-25-31)15-9-10-17-18(11-15)23(7,8)27(29)22(17,5)6/h9-11,13,16,19H,12,14H2,1-8H3/p+1. The lowest BCUT2D eigenvalue weighted by atomic mass is 9.88. The molecule has 0 aromatic heterocycles. The quantitative estimate of drug-likeness (QED) is 0.537. The summed E-state index contributed by atoms with van der Waals surface area (Å²) in [5.41, 5.74) is 0.803. The molecule has 1 aromatic rings. The van der Waals surface area contributed by atoms with Gasteiger partial charge in [0.25, 0.3) is 0 Å². The summed E-state index contributed by atoms with van der Waals surface area (Å²) in [6, 6.07) is 6.01. The van der Waals surface area contributed by atoms with Gasteiger partial charge in [0.05, 0.1) is 35.0 Å². The van der Waals surface area contributed by atoms with Gasteiger partial charge in [-0.05, 0) is 83.5 Å². The first kappa shape index (κ1) is 24.2. The van der Waals surface area contributed by atoms with Crippen molar-refractivity contribution < 1.29 is 20.2 Å². The highest BCUT2D eigenvalue weighted by atomic mass is 32.1. The van der Waals surface area contributed by atoms with Crippen molar-refractivity contribution in [2.75, 3.05) is 6.54 Å². The van der Waals surface area contributed by atoms with Crippen LogP contribution in [0.4, 0.5) is 0 Å². The summed E-state index contributed by atoms with van der Waals surface area (Å²) in [5, 5.41) is 27.9. The van der Waals surface area contributed by atoms with Crippen LogP contribution in [-0.2, 0) is 38.8 Å². The van der Waals surface area contributed by atoms with Gasteiger partial charge >= 0.3 is 0 Å². The normalized spacial score (nSPS) is 27.4. The predicted molar refractivity (Wildman–Crippen MR) is 119 cm³/mol. The van der Waals surface area contributed by atoms with E-state index in [9.17, 15) is 10.4 Å². The highest BCUT2D eigenvalue weighted by Crippen LogP contribution is 2.49. The topological polar surface area (TPSA) is 81.8 Å². The zero-order valence-electron chi connectivity index (χ0n) is 19.9. The molecule has 2 unspecified atom stereocenters. The summed E-state index contributed by atoms with van der Waals surface area (Å²) < 4.78 is 3.50. The van der Waals surface area contributed by atoms with E-state index < -0.39 is 28.3 Å². The third-order valence-electron chi connectivity index (χ3n) is 7.24. The molecule has 1 aromatic carbocycles. The first-order valence-electron chi connectivity index (χ1n) is 10.8. The molecule has 8 heteroatoms. The van der Waals surface area contributed by atoms with Gasteiger partial charge < -0.3 is 4.84 Å². The van der Waals surface area contributed by atoms with Crippen LogP contribution in [0.2, 0.25) is 0 Å². The highest BCUT2D eigenvalue weighted by Gasteiger charge is 2.53. The number of benzene rings is 1. The van der Waals surface area contributed by atoms with Gasteiger partial charge in [-0.3, -0.25) is 0 Å². The lowest BCUT2D eigenvalue weighted by Crippen LogP contribution is -2.72. The maximum atomic E-state index is 12.9. The molecule has 0 saturated carbocycles. The number of hydrogen-bond acceptors (Lipinski definition) is 5. The highest BCUT2D eigenvalue weighted by molar-refractivity contribution is 7.47. The second kappa shape index (κ2) is 7.85. The van der Waals surface area contributed by atoms with E-state index in [1.807, 2.05) is 79.8 Å². The largest absolute Gasteiger partial charge is 0.371 e. The van der Waals surface area contributed by atoms with Gasteiger partial charge in [-0.15, -0.1) is 20.5 Å². The van der Waals surface area contributed by atoms with Gasteiger partial charge in [0.1, 0.15) is 6.21 Å². The van der Waals surface area contributed by atoms with Crippen molar-refractivity contribution in [3.63, 3.8) is 0 Å². The van der Waals surface area contributed by atoms with Crippen LogP contribution < -0.4 is 4.99 Å². The summed E-state index contributed by atoms with van der Waals surface area (Å²) in [5.74, 6) is 0.0925. The van der Waals surface area contributed by atoms with Crippen LogP contribution in [0.3, 0.4) is 0 Å². The van der Waals surface area contributed by atoms with Crippen LogP contribution in [0.25, 0.3) is 0 Å². The zero-order valence-corrected chi connectivity index (χ0v) is 20.7. The maximum absolute atomic E-state index is 12.9. The fraction of sp³-hybridized carbons (Fsp3) is 0.696. The smallest absolute Gasteiger partial charge is 0.211 e. The van der Waals surface area contributed by atoms with Crippen molar-refractivity contribution in [2.24, 2.45) is 10.4 Å². The Bertz CT molecular complexity index is 882. The Labute approximate surface area is 191 Å². The van der Waals surface area contributed by atoms with Crippen molar-refractivity contribution in [1.82, 2.24) is 10.1 Å². The van der Waals surface area contributed by atoms with Gasteiger partial charge in [-0.1, -0.05) is 12.1 Å². The number of hydroxylamine groups is 4. The SMILES string of the molecule is CC1(C)CC(C=[NH+]CC(ON=S)c2ccc3c(c2)C(C)(C)N([O])C3(C)C)C(C)(C)N1[O]. The average Bonchev–Trinajstić information content (AvgIpc) is 2.93. The Balaban J connectivity index is 1.84. The molecule has 1 saturated heterocycles. The predicted octanol–water partition coefficient (Wildman–Crippen LogP) is 2.90. The minimum Gasteiger partial charge on any atom is -0.371 e. The Morgan fingerprint density at radius 2 is 1.71 bits per heavy atom. The molecule has 7 nitrogen and oxygen atoms in total. The van der Waals surface area contributed by atoms with Gasteiger partial charge in [0.15, 0.2) is 6.54 Å². The number of nitrogens with zero attached hydrogens (tertiary/aromatic N) is 3. The second-order valence-corrected chi connectivity index (χ2v) is 11.2. The van der Waals surface area contributed by atoms with Gasteiger partial charge in [-0.2, -0.15) is 0 Å². The molecule has 2 aliphatic heterocycles. The van der Waals surface area contributed by atoms with E-state index in [0.717, 1.165) is 28.2 Å². The molecule has 2 heterocycles. The molecule has 1 fully saturated rings. The van der Waals surface area contributed by atoms with Crippen LogP contribution >= 0.6 is 0 Å². The number of hydrogen-bond donors (Lipinski definition) is 1. The van der Waals surface area contributed by atoms with Crippen molar-refractivity contribution in [2.45, 2.75) is 90.1 Å². The summed E-state index contributed by atoms with van der Waals surface area (Å²) in [6.45, 7) is 16.1. The number of nitrogens with one attached hydrogen (secondary N) is 1. The fourth-order valence-electron chi connectivity index (χ4n) is 5.37. The van der Waals surface area contributed by atoms with E-state index in [4.69, 9.17) is 17.3 Å². The summed E-state index contributed by atoms with van der Waals surface area (Å²) in [4.78, 5) is 8.85. The van der Waals surface area contributed by atoms with E-state index >= 15 is 0 Å². The number of fused-ring (bicyclic) bond motifs is 1. The van der Waals surface area contributed by atoms with Crippen LogP contribution in [-0.4, -0.2) is 34.0 Å².